The number of carbonyl (C=O) groups excluding carboxylic acids is 2. The van der Waals surface area contributed by atoms with Gasteiger partial charge in [-0.25, -0.2) is 0 Å². The average molecular weight is 311 g/mol. The van der Waals surface area contributed by atoms with Crippen LogP contribution in [0.2, 0.25) is 0 Å². The van der Waals surface area contributed by atoms with Gasteiger partial charge >= 0.3 is 0 Å². The van der Waals surface area contributed by atoms with E-state index in [1.165, 1.54) is 6.92 Å². The first kappa shape index (κ1) is 16.5. The molecule has 0 bridgehead atoms. The molecule has 0 spiro atoms. The van der Waals surface area contributed by atoms with Crippen molar-refractivity contribution in [2.75, 3.05) is 22.5 Å². The van der Waals surface area contributed by atoms with Crippen LogP contribution in [0.15, 0.2) is 42.5 Å². The summed E-state index contributed by atoms with van der Waals surface area (Å²) in [6.07, 6.45) is 0. The number of aryl methyl sites for hydroxylation is 2. The van der Waals surface area contributed by atoms with Crippen LogP contribution in [0.5, 0.6) is 0 Å². The minimum Gasteiger partial charge on any atom is -0.376 e. The summed E-state index contributed by atoms with van der Waals surface area (Å²) in [6.45, 7) is 5.66. The molecule has 0 heterocycles. The van der Waals surface area contributed by atoms with E-state index in [-0.39, 0.29) is 18.4 Å². The van der Waals surface area contributed by atoms with Crippen molar-refractivity contribution >= 4 is 28.9 Å². The molecule has 0 aliphatic rings. The summed E-state index contributed by atoms with van der Waals surface area (Å²) in [6, 6.07) is 13.1. The Morgan fingerprint density at radius 3 is 2.13 bits per heavy atom. The molecule has 5 heteroatoms. The third kappa shape index (κ3) is 5.14. The third-order valence-corrected chi connectivity index (χ3v) is 3.32. The summed E-state index contributed by atoms with van der Waals surface area (Å²) >= 11 is 0. The van der Waals surface area contributed by atoms with Gasteiger partial charge in [0.25, 0.3) is 0 Å². The van der Waals surface area contributed by atoms with Crippen LogP contribution in [0.4, 0.5) is 17.1 Å². The van der Waals surface area contributed by atoms with E-state index in [2.05, 4.69) is 16.0 Å². The maximum atomic E-state index is 12.0. The van der Waals surface area contributed by atoms with Crippen molar-refractivity contribution in [2.45, 2.75) is 20.8 Å². The second-order valence-electron chi connectivity index (χ2n) is 5.48. The molecule has 5 nitrogen and oxygen atoms in total. The van der Waals surface area contributed by atoms with Crippen LogP contribution < -0.4 is 16.0 Å². The highest BCUT2D eigenvalue weighted by molar-refractivity contribution is 5.94. The fraction of sp³-hybridized carbons (Fsp3) is 0.222. The van der Waals surface area contributed by atoms with Crippen LogP contribution in [0, 0.1) is 13.8 Å². The van der Waals surface area contributed by atoms with Crippen molar-refractivity contribution < 1.29 is 9.59 Å². The molecule has 0 aliphatic heterocycles. The van der Waals surface area contributed by atoms with Crippen molar-refractivity contribution in [2.24, 2.45) is 0 Å². The van der Waals surface area contributed by atoms with Gasteiger partial charge in [0, 0.05) is 24.0 Å². The van der Waals surface area contributed by atoms with E-state index in [0.717, 1.165) is 16.8 Å². The minimum absolute atomic E-state index is 0.125. The van der Waals surface area contributed by atoms with Gasteiger partial charge in [-0.05, 0) is 55.3 Å². The molecule has 0 saturated heterocycles. The summed E-state index contributed by atoms with van der Waals surface area (Å²) in [5.74, 6) is -0.252. The van der Waals surface area contributed by atoms with Crippen LogP contribution in [0.1, 0.15) is 18.1 Å². The normalized spacial score (nSPS) is 10.0. The lowest BCUT2D eigenvalue weighted by Gasteiger charge is -2.11. The minimum atomic E-state index is -0.127. The van der Waals surface area contributed by atoms with Crippen LogP contribution >= 0.6 is 0 Å². The molecule has 0 saturated carbocycles. The Morgan fingerprint density at radius 1 is 0.913 bits per heavy atom. The highest BCUT2D eigenvalue weighted by atomic mass is 16.2. The van der Waals surface area contributed by atoms with Gasteiger partial charge in [0.2, 0.25) is 11.8 Å². The van der Waals surface area contributed by atoms with E-state index < -0.39 is 0 Å². The number of nitrogens with one attached hydrogen (secondary N) is 3. The van der Waals surface area contributed by atoms with Crippen molar-refractivity contribution in [1.29, 1.82) is 0 Å². The standard InChI is InChI=1S/C18H21N3O2/c1-12-4-5-13(2)17(10-12)19-11-18(23)21-16-8-6-15(7-9-16)20-14(3)22/h4-10,19H,11H2,1-3H3,(H,20,22)(H,21,23). The zero-order valence-electron chi connectivity index (χ0n) is 13.6. The Labute approximate surface area is 136 Å². The van der Waals surface area contributed by atoms with Gasteiger partial charge in [-0.2, -0.15) is 0 Å². The van der Waals surface area contributed by atoms with Gasteiger partial charge in [-0.1, -0.05) is 12.1 Å². The highest BCUT2D eigenvalue weighted by Crippen LogP contribution is 2.16. The van der Waals surface area contributed by atoms with Gasteiger partial charge in [-0.15, -0.1) is 0 Å². The zero-order valence-corrected chi connectivity index (χ0v) is 13.6. The maximum Gasteiger partial charge on any atom is 0.243 e. The van der Waals surface area contributed by atoms with Crippen LogP contribution in [-0.2, 0) is 9.59 Å². The topological polar surface area (TPSA) is 70.2 Å². The number of amides is 2. The number of rotatable bonds is 5. The molecule has 2 aromatic rings. The SMILES string of the molecule is CC(=O)Nc1ccc(NC(=O)CNc2cc(C)ccc2C)cc1. The van der Waals surface area contributed by atoms with Crippen molar-refractivity contribution in [3.63, 3.8) is 0 Å². The molecule has 2 aromatic carbocycles. The number of carbonyl (C=O) groups is 2. The average Bonchev–Trinajstić information content (AvgIpc) is 2.50. The summed E-state index contributed by atoms with van der Waals surface area (Å²) in [7, 11) is 0. The van der Waals surface area contributed by atoms with Crippen LogP contribution in [-0.4, -0.2) is 18.4 Å². The lowest BCUT2D eigenvalue weighted by molar-refractivity contribution is -0.115. The third-order valence-electron chi connectivity index (χ3n) is 3.32. The predicted molar refractivity (Wildman–Crippen MR) is 93.8 cm³/mol. The zero-order chi connectivity index (χ0) is 16.8. The van der Waals surface area contributed by atoms with E-state index in [4.69, 9.17) is 0 Å². The second kappa shape index (κ2) is 7.45. The lowest BCUT2D eigenvalue weighted by Crippen LogP contribution is -2.22. The summed E-state index contributed by atoms with van der Waals surface area (Å²) in [5.41, 5.74) is 4.59. The molecular weight excluding hydrogens is 290 g/mol. The molecule has 2 amide bonds. The molecule has 0 aliphatic carbocycles. The largest absolute Gasteiger partial charge is 0.376 e. The number of hydrogen-bond acceptors (Lipinski definition) is 3. The number of hydrogen-bond donors (Lipinski definition) is 3. The molecule has 2 rings (SSSR count). The molecule has 0 aromatic heterocycles. The first-order valence-electron chi connectivity index (χ1n) is 7.42. The Hall–Kier alpha value is -2.82. The second-order valence-corrected chi connectivity index (χ2v) is 5.48. The predicted octanol–water partition coefficient (Wildman–Crippen LogP) is 3.31. The highest BCUT2D eigenvalue weighted by Gasteiger charge is 2.04. The van der Waals surface area contributed by atoms with Crippen LogP contribution in [0.25, 0.3) is 0 Å². The first-order chi connectivity index (χ1) is 10.9. The molecule has 0 atom stereocenters. The fourth-order valence-electron chi connectivity index (χ4n) is 2.15. The van der Waals surface area contributed by atoms with Crippen LogP contribution in [0.3, 0.4) is 0 Å². The van der Waals surface area contributed by atoms with E-state index in [1.807, 2.05) is 32.0 Å². The van der Waals surface area contributed by atoms with Gasteiger partial charge < -0.3 is 16.0 Å². The van der Waals surface area contributed by atoms with E-state index in [9.17, 15) is 9.59 Å². The molecule has 0 radical (unpaired) electrons. The maximum absolute atomic E-state index is 12.0. The summed E-state index contributed by atoms with van der Waals surface area (Å²) < 4.78 is 0. The summed E-state index contributed by atoms with van der Waals surface area (Å²) in [4.78, 5) is 23.0. The molecular formula is C18H21N3O2. The van der Waals surface area contributed by atoms with Crippen molar-refractivity contribution in [3.05, 3.63) is 53.6 Å². The van der Waals surface area contributed by atoms with E-state index in [0.29, 0.717) is 11.4 Å². The summed E-state index contributed by atoms with van der Waals surface area (Å²) in [5, 5.41) is 8.63. The number of anilines is 3. The number of benzene rings is 2. The smallest absolute Gasteiger partial charge is 0.243 e. The van der Waals surface area contributed by atoms with Gasteiger partial charge in [0.05, 0.1) is 6.54 Å². The monoisotopic (exact) mass is 311 g/mol. The van der Waals surface area contributed by atoms with Crippen molar-refractivity contribution in [1.82, 2.24) is 0 Å². The van der Waals surface area contributed by atoms with E-state index in [1.54, 1.807) is 24.3 Å². The van der Waals surface area contributed by atoms with E-state index >= 15 is 0 Å². The molecule has 3 N–H and O–H groups in total. The quantitative estimate of drug-likeness (QED) is 0.793. The first-order valence-corrected chi connectivity index (χ1v) is 7.42. The van der Waals surface area contributed by atoms with Gasteiger partial charge in [-0.3, -0.25) is 9.59 Å². The fourth-order valence-corrected chi connectivity index (χ4v) is 2.15. The Kier molecular flexibility index (Phi) is 5.36. The molecule has 0 unspecified atom stereocenters. The van der Waals surface area contributed by atoms with Gasteiger partial charge in [0.1, 0.15) is 0 Å². The van der Waals surface area contributed by atoms with Crippen molar-refractivity contribution in [3.8, 4) is 0 Å². The molecule has 23 heavy (non-hydrogen) atoms. The Morgan fingerprint density at radius 2 is 1.52 bits per heavy atom. The molecule has 0 fully saturated rings. The van der Waals surface area contributed by atoms with Gasteiger partial charge in [0.15, 0.2) is 0 Å². The lowest BCUT2D eigenvalue weighted by atomic mass is 10.1. The molecule has 120 valence electrons. The Balaban J connectivity index is 1.89. The Bertz CT molecular complexity index is 709.